The SMILES string of the molecule is COc1ccc(C(=O)C2C=CC=CC=C2)cc1. The van der Waals surface area contributed by atoms with Gasteiger partial charge in [-0.15, -0.1) is 0 Å². The number of ether oxygens (including phenoxy) is 1. The minimum absolute atomic E-state index is 0.101. The molecule has 0 unspecified atom stereocenters. The molecule has 2 nitrogen and oxygen atoms in total. The van der Waals surface area contributed by atoms with E-state index in [0.717, 1.165) is 5.75 Å². The first-order valence-corrected chi connectivity index (χ1v) is 5.51. The van der Waals surface area contributed by atoms with Crippen molar-refractivity contribution in [1.29, 1.82) is 0 Å². The number of Topliss-reactive ketones (excluding diaryl/α,β-unsaturated/α-hetero) is 1. The summed E-state index contributed by atoms with van der Waals surface area (Å²) in [5, 5.41) is 0. The predicted molar refractivity (Wildman–Crippen MR) is 68.2 cm³/mol. The molecule has 0 atom stereocenters. The highest BCUT2D eigenvalue weighted by Crippen LogP contribution is 2.17. The quantitative estimate of drug-likeness (QED) is 0.740. The van der Waals surface area contributed by atoms with Gasteiger partial charge < -0.3 is 4.74 Å². The predicted octanol–water partition coefficient (Wildman–Crippen LogP) is 3.18. The molecule has 1 aromatic rings. The van der Waals surface area contributed by atoms with E-state index in [1.807, 2.05) is 36.5 Å². The van der Waals surface area contributed by atoms with Gasteiger partial charge in [0, 0.05) is 5.56 Å². The number of rotatable bonds is 3. The summed E-state index contributed by atoms with van der Waals surface area (Å²) in [7, 11) is 1.61. The molecule has 0 saturated carbocycles. The fourth-order valence-electron chi connectivity index (χ4n) is 1.68. The van der Waals surface area contributed by atoms with Crippen LogP contribution in [0, 0.1) is 5.92 Å². The number of carbonyl (C=O) groups is 1. The molecule has 86 valence electrons. The second-order valence-corrected chi connectivity index (χ2v) is 3.77. The Morgan fingerprint density at radius 2 is 1.59 bits per heavy atom. The van der Waals surface area contributed by atoms with Crippen molar-refractivity contribution in [3.05, 3.63) is 66.3 Å². The van der Waals surface area contributed by atoms with Crippen molar-refractivity contribution < 1.29 is 9.53 Å². The van der Waals surface area contributed by atoms with E-state index in [-0.39, 0.29) is 11.7 Å². The molecule has 2 rings (SSSR count). The molecule has 0 N–H and O–H groups in total. The van der Waals surface area contributed by atoms with Gasteiger partial charge in [0.1, 0.15) is 5.75 Å². The highest BCUT2D eigenvalue weighted by molar-refractivity contribution is 6.00. The maximum absolute atomic E-state index is 12.2. The van der Waals surface area contributed by atoms with Gasteiger partial charge in [-0.1, -0.05) is 36.5 Å². The number of ketones is 1. The van der Waals surface area contributed by atoms with Gasteiger partial charge in [0.25, 0.3) is 0 Å². The van der Waals surface area contributed by atoms with Gasteiger partial charge >= 0.3 is 0 Å². The normalized spacial score (nSPS) is 14.6. The van der Waals surface area contributed by atoms with Crippen LogP contribution in [-0.2, 0) is 0 Å². The number of benzene rings is 1. The molecule has 0 fully saturated rings. The van der Waals surface area contributed by atoms with Crippen molar-refractivity contribution in [2.75, 3.05) is 7.11 Å². The van der Waals surface area contributed by atoms with E-state index in [1.54, 1.807) is 31.4 Å². The molecule has 0 radical (unpaired) electrons. The van der Waals surface area contributed by atoms with Crippen molar-refractivity contribution >= 4 is 5.78 Å². The van der Waals surface area contributed by atoms with E-state index in [1.165, 1.54) is 0 Å². The van der Waals surface area contributed by atoms with Gasteiger partial charge in [-0.25, -0.2) is 0 Å². The first kappa shape index (κ1) is 11.4. The van der Waals surface area contributed by atoms with Crippen molar-refractivity contribution in [2.45, 2.75) is 0 Å². The Bertz CT molecular complexity index is 462. The Labute approximate surface area is 101 Å². The standard InChI is InChI=1S/C15H14O2/c1-17-14-10-8-13(9-11-14)15(16)12-6-4-2-3-5-7-12/h2-12H,1H3. The number of methoxy groups -OCH3 is 1. The topological polar surface area (TPSA) is 26.3 Å². The Morgan fingerprint density at radius 3 is 2.12 bits per heavy atom. The zero-order chi connectivity index (χ0) is 12.1. The zero-order valence-electron chi connectivity index (χ0n) is 9.67. The van der Waals surface area contributed by atoms with E-state index < -0.39 is 0 Å². The van der Waals surface area contributed by atoms with E-state index in [0.29, 0.717) is 5.56 Å². The molecular weight excluding hydrogens is 212 g/mol. The fourth-order valence-corrected chi connectivity index (χ4v) is 1.68. The van der Waals surface area contributed by atoms with Crippen LogP contribution in [0.2, 0.25) is 0 Å². The van der Waals surface area contributed by atoms with Gasteiger partial charge in [0.15, 0.2) is 5.78 Å². The summed E-state index contributed by atoms with van der Waals surface area (Å²) >= 11 is 0. The third-order valence-corrected chi connectivity index (χ3v) is 2.65. The average molecular weight is 226 g/mol. The highest BCUT2D eigenvalue weighted by atomic mass is 16.5. The summed E-state index contributed by atoms with van der Waals surface area (Å²) in [6.45, 7) is 0. The second kappa shape index (κ2) is 5.30. The van der Waals surface area contributed by atoms with Crippen LogP contribution < -0.4 is 4.74 Å². The second-order valence-electron chi connectivity index (χ2n) is 3.77. The number of allylic oxidation sites excluding steroid dienone is 6. The third-order valence-electron chi connectivity index (χ3n) is 2.65. The van der Waals surface area contributed by atoms with Gasteiger partial charge in [-0.3, -0.25) is 4.79 Å². The van der Waals surface area contributed by atoms with Crippen LogP contribution in [0.25, 0.3) is 0 Å². The maximum Gasteiger partial charge on any atom is 0.173 e. The van der Waals surface area contributed by atoms with Crippen molar-refractivity contribution in [3.63, 3.8) is 0 Å². The summed E-state index contributed by atoms with van der Waals surface area (Å²) in [5.74, 6) is 0.678. The lowest BCUT2D eigenvalue weighted by atomic mass is 9.97. The molecule has 1 aliphatic carbocycles. The molecule has 1 aromatic carbocycles. The van der Waals surface area contributed by atoms with Crippen molar-refractivity contribution in [2.24, 2.45) is 5.92 Å². The number of hydrogen-bond donors (Lipinski definition) is 0. The van der Waals surface area contributed by atoms with Crippen LogP contribution in [0.1, 0.15) is 10.4 Å². The minimum Gasteiger partial charge on any atom is -0.497 e. The molecule has 0 spiro atoms. The summed E-state index contributed by atoms with van der Waals surface area (Å²) in [4.78, 5) is 12.2. The molecule has 0 saturated heterocycles. The van der Waals surface area contributed by atoms with E-state index in [9.17, 15) is 4.79 Å². The van der Waals surface area contributed by atoms with Crippen LogP contribution >= 0.6 is 0 Å². The van der Waals surface area contributed by atoms with Gasteiger partial charge in [0.2, 0.25) is 0 Å². The lowest BCUT2D eigenvalue weighted by molar-refractivity contribution is 0.0965. The van der Waals surface area contributed by atoms with Crippen LogP contribution in [0.5, 0.6) is 5.75 Å². The van der Waals surface area contributed by atoms with E-state index in [4.69, 9.17) is 4.74 Å². The molecule has 0 amide bonds. The summed E-state index contributed by atoms with van der Waals surface area (Å²) in [6, 6.07) is 7.19. The first-order chi connectivity index (χ1) is 8.31. The molecule has 2 heteroatoms. The average Bonchev–Trinajstić information content (AvgIpc) is 2.67. The lowest BCUT2D eigenvalue weighted by Crippen LogP contribution is -2.09. The van der Waals surface area contributed by atoms with Crippen LogP contribution in [0.15, 0.2) is 60.7 Å². The third kappa shape index (κ3) is 2.72. The Hall–Kier alpha value is -2.09. The molecule has 1 aliphatic rings. The molecule has 17 heavy (non-hydrogen) atoms. The summed E-state index contributed by atoms with van der Waals surface area (Å²) in [5.41, 5.74) is 0.701. The van der Waals surface area contributed by atoms with Gasteiger partial charge in [-0.05, 0) is 24.3 Å². The summed E-state index contributed by atoms with van der Waals surface area (Å²) < 4.78 is 5.07. The van der Waals surface area contributed by atoms with Crippen LogP contribution in [0.4, 0.5) is 0 Å². The molecule has 0 aliphatic heterocycles. The molecule has 0 bridgehead atoms. The van der Waals surface area contributed by atoms with Crippen molar-refractivity contribution in [3.8, 4) is 5.75 Å². The highest BCUT2D eigenvalue weighted by Gasteiger charge is 2.14. The Kier molecular flexibility index (Phi) is 3.55. The monoisotopic (exact) mass is 226 g/mol. The van der Waals surface area contributed by atoms with Gasteiger partial charge in [0.05, 0.1) is 13.0 Å². The smallest absolute Gasteiger partial charge is 0.173 e. The maximum atomic E-state index is 12.2. The molecule has 0 heterocycles. The minimum atomic E-state index is -0.182. The Balaban J connectivity index is 2.18. The summed E-state index contributed by atoms with van der Waals surface area (Å²) in [6.07, 6.45) is 11.4. The van der Waals surface area contributed by atoms with E-state index in [2.05, 4.69) is 0 Å². The Morgan fingerprint density at radius 1 is 1.00 bits per heavy atom. The zero-order valence-corrected chi connectivity index (χ0v) is 9.67. The van der Waals surface area contributed by atoms with E-state index >= 15 is 0 Å². The van der Waals surface area contributed by atoms with Crippen molar-refractivity contribution in [1.82, 2.24) is 0 Å². The first-order valence-electron chi connectivity index (χ1n) is 5.51. The van der Waals surface area contributed by atoms with Gasteiger partial charge in [-0.2, -0.15) is 0 Å². The number of carbonyl (C=O) groups excluding carboxylic acids is 1. The molecule has 0 aromatic heterocycles. The molecular formula is C15H14O2. The number of hydrogen-bond acceptors (Lipinski definition) is 2. The largest absolute Gasteiger partial charge is 0.497 e. The van der Waals surface area contributed by atoms with Crippen LogP contribution in [-0.4, -0.2) is 12.9 Å². The lowest BCUT2D eigenvalue weighted by Gasteiger charge is -2.07. The fraction of sp³-hybridized carbons (Fsp3) is 0.133. The van der Waals surface area contributed by atoms with Crippen LogP contribution in [0.3, 0.4) is 0 Å².